The van der Waals surface area contributed by atoms with Gasteiger partial charge in [-0.1, -0.05) is 29.8 Å². The van der Waals surface area contributed by atoms with E-state index in [1.807, 2.05) is 6.07 Å². The molecule has 0 aliphatic heterocycles. The number of hydrogen-bond acceptors (Lipinski definition) is 5. The number of rotatable bonds is 5. The molecule has 0 fully saturated rings. The second-order valence-corrected chi connectivity index (χ2v) is 6.52. The topological polar surface area (TPSA) is 100 Å². The van der Waals surface area contributed by atoms with E-state index in [-0.39, 0.29) is 28.1 Å². The Hall–Kier alpha value is -3.32. The molecule has 1 unspecified atom stereocenters. The molecule has 1 heterocycles. The van der Waals surface area contributed by atoms with Crippen LogP contribution in [0.4, 0.5) is 21.6 Å². The number of carbonyl (C=O) groups excluding carboxylic acids is 1. The molecule has 6 nitrogen and oxygen atoms in total. The predicted molar refractivity (Wildman–Crippen MR) is 108 cm³/mol. The number of benzene rings is 2. The van der Waals surface area contributed by atoms with Crippen molar-refractivity contribution in [1.82, 2.24) is 4.98 Å². The number of aromatic nitrogens is 1. The fraction of sp³-hybridized carbons (Fsp3) is 0.100. The third-order valence-corrected chi connectivity index (χ3v) is 4.51. The van der Waals surface area contributed by atoms with Gasteiger partial charge in [0.15, 0.2) is 0 Å². The van der Waals surface area contributed by atoms with E-state index in [4.69, 9.17) is 17.3 Å². The van der Waals surface area contributed by atoms with Gasteiger partial charge in [0.2, 0.25) is 0 Å². The Labute approximate surface area is 166 Å². The van der Waals surface area contributed by atoms with Crippen molar-refractivity contribution >= 4 is 34.7 Å². The van der Waals surface area contributed by atoms with Crippen molar-refractivity contribution in [2.75, 3.05) is 16.4 Å². The maximum atomic E-state index is 13.8. The van der Waals surface area contributed by atoms with Gasteiger partial charge in [0.25, 0.3) is 5.91 Å². The summed E-state index contributed by atoms with van der Waals surface area (Å²) < 4.78 is 13.8. The third-order valence-electron chi connectivity index (χ3n) is 4.13. The largest absolute Gasteiger partial charge is 0.508 e. The molecular weight excluding hydrogens is 383 g/mol. The van der Waals surface area contributed by atoms with Crippen LogP contribution in [0.1, 0.15) is 28.9 Å². The lowest BCUT2D eigenvalue weighted by Gasteiger charge is -2.20. The van der Waals surface area contributed by atoms with Gasteiger partial charge < -0.3 is 21.5 Å². The van der Waals surface area contributed by atoms with Crippen molar-refractivity contribution < 1.29 is 14.3 Å². The van der Waals surface area contributed by atoms with Crippen LogP contribution < -0.4 is 16.4 Å². The normalized spacial score (nSPS) is 11.7. The molecular formula is C20H18ClFN4O2. The SMILES string of the molecule is CC(Nc1cc(NC(=O)c2ccccc2)cnc1N)c1c(O)ccc(F)c1Cl. The van der Waals surface area contributed by atoms with Gasteiger partial charge in [-0.2, -0.15) is 0 Å². The van der Waals surface area contributed by atoms with Gasteiger partial charge in [0, 0.05) is 11.1 Å². The Morgan fingerprint density at radius 1 is 1.25 bits per heavy atom. The van der Waals surface area contributed by atoms with Crippen LogP contribution in [0.2, 0.25) is 5.02 Å². The number of nitrogens with zero attached hydrogens (tertiary/aromatic N) is 1. The average Bonchev–Trinajstić information content (AvgIpc) is 2.68. The van der Waals surface area contributed by atoms with Crippen LogP contribution in [0.3, 0.4) is 0 Å². The van der Waals surface area contributed by atoms with Gasteiger partial charge in [0.1, 0.15) is 17.4 Å². The Morgan fingerprint density at radius 3 is 2.68 bits per heavy atom. The lowest BCUT2D eigenvalue weighted by Crippen LogP contribution is -2.14. The molecule has 1 aromatic heterocycles. The lowest BCUT2D eigenvalue weighted by atomic mass is 10.1. The van der Waals surface area contributed by atoms with E-state index in [0.29, 0.717) is 16.9 Å². The van der Waals surface area contributed by atoms with Gasteiger partial charge >= 0.3 is 0 Å². The molecule has 1 atom stereocenters. The first kappa shape index (κ1) is 19.4. The third kappa shape index (κ3) is 4.15. The number of anilines is 3. The summed E-state index contributed by atoms with van der Waals surface area (Å²) in [6.45, 7) is 1.69. The number of phenolic OH excluding ortho intramolecular Hbond substituents is 1. The van der Waals surface area contributed by atoms with Crippen LogP contribution >= 0.6 is 11.6 Å². The van der Waals surface area contributed by atoms with E-state index in [2.05, 4.69) is 15.6 Å². The smallest absolute Gasteiger partial charge is 0.255 e. The maximum absolute atomic E-state index is 13.8. The molecule has 0 radical (unpaired) electrons. The Kier molecular flexibility index (Phi) is 5.65. The van der Waals surface area contributed by atoms with Gasteiger partial charge in [-0.05, 0) is 37.3 Å². The molecule has 3 rings (SSSR count). The van der Waals surface area contributed by atoms with E-state index in [1.54, 1.807) is 37.3 Å². The number of hydrogen-bond donors (Lipinski definition) is 4. The molecule has 3 aromatic rings. The first-order chi connectivity index (χ1) is 13.4. The number of nitrogen functional groups attached to an aromatic ring is 1. The van der Waals surface area contributed by atoms with Gasteiger partial charge in [0.05, 0.1) is 28.6 Å². The highest BCUT2D eigenvalue weighted by atomic mass is 35.5. The van der Waals surface area contributed by atoms with E-state index in [9.17, 15) is 14.3 Å². The number of nitrogens with one attached hydrogen (secondary N) is 2. The van der Waals surface area contributed by atoms with Crippen molar-refractivity contribution in [1.29, 1.82) is 0 Å². The minimum Gasteiger partial charge on any atom is -0.508 e. The monoisotopic (exact) mass is 400 g/mol. The van der Waals surface area contributed by atoms with Crippen LogP contribution in [0.25, 0.3) is 0 Å². The molecule has 144 valence electrons. The minimum atomic E-state index is -0.641. The second kappa shape index (κ2) is 8.14. The zero-order valence-corrected chi connectivity index (χ0v) is 15.7. The first-order valence-electron chi connectivity index (χ1n) is 8.42. The lowest BCUT2D eigenvalue weighted by molar-refractivity contribution is 0.102. The minimum absolute atomic E-state index is 0.147. The van der Waals surface area contributed by atoms with E-state index in [0.717, 1.165) is 6.07 Å². The summed E-state index contributed by atoms with van der Waals surface area (Å²) in [4.78, 5) is 16.4. The number of halogens is 2. The summed E-state index contributed by atoms with van der Waals surface area (Å²) >= 11 is 5.99. The van der Waals surface area contributed by atoms with E-state index >= 15 is 0 Å². The average molecular weight is 401 g/mol. The van der Waals surface area contributed by atoms with Crippen molar-refractivity contribution in [2.24, 2.45) is 0 Å². The zero-order valence-electron chi connectivity index (χ0n) is 14.9. The molecule has 0 spiro atoms. The number of phenols is 1. The summed E-state index contributed by atoms with van der Waals surface area (Å²) in [6.07, 6.45) is 1.43. The van der Waals surface area contributed by atoms with Gasteiger partial charge in [-0.25, -0.2) is 9.37 Å². The molecule has 0 saturated heterocycles. The van der Waals surface area contributed by atoms with Gasteiger partial charge in [-0.15, -0.1) is 0 Å². The van der Waals surface area contributed by atoms with E-state index < -0.39 is 11.9 Å². The fourth-order valence-corrected chi connectivity index (χ4v) is 3.05. The summed E-state index contributed by atoms with van der Waals surface area (Å²) in [7, 11) is 0. The highest BCUT2D eigenvalue weighted by Crippen LogP contribution is 2.36. The second-order valence-electron chi connectivity index (χ2n) is 6.14. The molecule has 8 heteroatoms. The van der Waals surface area contributed by atoms with Crippen LogP contribution in [0.5, 0.6) is 5.75 Å². The number of pyridine rings is 1. The molecule has 28 heavy (non-hydrogen) atoms. The number of amides is 1. The quantitative estimate of drug-likeness (QED) is 0.502. The van der Waals surface area contributed by atoms with Crippen LogP contribution in [0, 0.1) is 5.82 Å². The zero-order chi connectivity index (χ0) is 20.3. The number of nitrogens with two attached hydrogens (primary N) is 1. The summed E-state index contributed by atoms with van der Waals surface area (Å²) in [5.41, 5.74) is 7.43. The van der Waals surface area contributed by atoms with Gasteiger partial charge in [-0.3, -0.25) is 4.79 Å². The number of aromatic hydroxyl groups is 1. The predicted octanol–water partition coefficient (Wildman–Crippen LogP) is 4.59. The maximum Gasteiger partial charge on any atom is 0.255 e. The van der Waals surface area contributed by atoms with Crippen LogP contribution in [-0.2, 0) is 0 Å². The Bertz CT molecular complexity index is 1010. The summed E-state index contributed by atoms with van der Waals surface area (Å²) in [6, 6.07) is 12.1. The molecule has 0 saturated carbocycles. The van der Waals surface area contributed by atoms with Crippen LogP contribution in [0.15, 0.2) is 54.7 Å². The Morgan fingerprint density at radius 2 is 1.96 bits per heavy atom. The van der Waals surface area contributed by atoms with E-state index in [1.165, 1.54) is 12.3 Å². The van der Waals surface area contributed by atoms with Crippen molar-refractivity contribution in [2.45, 2.75) is 13.0 Å². The molecule has 0 aliphatic rings. The molecule has 2 aromatic carbocycles. The molecule has 1 amide bonds. The van der Waals surface area contributed by atoms with Crippen molar-refractivity contribution in [3.63, 3.8) is 0 Å². The highest BCUT2D eigenvalue weighted by Gasteiger charge is 2.19. The molecule has 0 aliphatic carbocycles. The van der Waals surface area contributed by atoms with Crippen molar-refractivity contribution in [3.05, 3.63) is 76.7 Å². The molecule has 5 N–H and O–H groups in total. The molecule has 0 bridgehead atoms. The number of carbonyl (C=O) groups is 1. The summed E-state index contributed by atoms with van der Waals surface area (Å²) in [5.74, 6) is -0.905. The first-order valence-corrected chi connectivity index (χ1v) is 8.80. The standard InChI is InChI=1S/C20H18ClFN4O2/c1-11(17-16(27)8-7-14(22)18(17)21)25-15-9-13(10-24-19(15)23)26-20(28)12-5-3-2-4-6-12/h2-11,25,27H,1H3,(H2,23,24)(H,26,28). The van der Waals surface area contributed by atoms with Crippen molar-refractivity contribution in [3.8, 4) is 5.75 Å². The highest BCUT2D eigenvalue weighted by molar-refractivity contribution is 6.31. The fourth-order valence-electron chi connectivity index (χ4n) is 2.73. The summed E-state index contributed by atoms with van der Waals surface area (Å²) in [5, 5.41) is 15.6. The van der Waals surface area contributed by atoms with Crippen LogP contribution in [-0.4, -0.2) is 16.0 Å². The Balaban J connectivity index is 1.82.